The fraction of sp³-hybridized carbons (Fsp3) is 0.394. The van der Waals surface area contributed by atoms with Crippen LogP contribution in [0.3, 0.4) is 0 Å². The molecule has 0 aliphatic carbocycles. The molecule has 0 spiro atoms. The number of piperazine rings is 1. The zero-order valence-corrected chi connectivity index (χ0v) is 25.5. The summed E-state index contributed by atoms with van der Waals surface area (Å²) in [5, 5.41) is 3.35. The number of likely N-dealkylation sites (N-methyl/N-ethyl adjacent to an activating group) is 1. The predicted octanol–water partition coefficient (Wildman–Crippen LogP) is 4.10. The minimum Gasteiger partial charge on any atom is -0.492 e. The van der Waals surface area contributed by atoms with Crippen molar-refractivity contribution in [2.45, 2.75) is 32.5 Å². The smallest absolute Gasteiger partial charge is 0.326 e. The fourth-order valence-corrected chi connectivity index (χ4v) is 6.10. The number of amides is 3. The zero-order chi connectivity index (χ0) is 30.6. The third kappa shape index (κ3) is 6.19. The van der Waals surface area contributed by atoms with Gasteiger partial charge in [0.15, 0.2) is 0 Å². The van der Waals surface area contributed by atoms with Crippen LogP contribution in [0.5, 0.6) is 5.75 Å². The molecule has 3 amide bonds. The highest BCUT2D eigenvalue weighted by Crippen LogP contribution is 2.35. The molecule has 2 aromatic carbocycles. The lowest BCUT2D eigenvalue weighted by Gasteiger charge is -2.39. The molecule has 1 N–H and O–H groups in total. The Kier molecular flexibility index (Phi) is 8.65. The van der Waals surface area contributed by atoms with Crippen LogP contribution in [-0.2, 0) is 17.9 Å². The lowest BCUT2D eigenvalue weighted by atomic mass is 10.1. The first kappa shape index (κ1) is 29.4. The highest BCUT2D eigenvalue weighted by atomic mass is 16.5. The maximum atomic E-state index is 14.1. The molecule has 1 atom stereocenters. The van der Waals surface area contributed by atoms with Gasteiger partial charge in [-0.1, -0.05) is 36.9 Å². The number of anilines is 4. The number of benzene rings is 2. The lowest BCUT2D eigenvalue weighted by Crippen LogP contribution is -2.52. The van der Waals surface area contributed by atoms with Gasteiger partial charge in [0, 0.05) is 69.3 Å². The van der Waals surface area contributed by atoms with E-state index in [-0.39, 0.29) is 18.0 Å². The molecule has 1 unspecified atom stereocenters. The van der Waals surface area contributed by atoms with Crippen LogP contribution < -0.4 is 19.9 Å². The fourth-order valence-electron chi connectivity index (χ4n) is 6.10. The van der Waals surface area contributed by atoms with Crippen LogP contribution in [-0.4, -0.2) is 95.6 Å². The number of aromatic nitrogens is 2. The van der Waals surface area contributed by atoms with E-state index in [9.17, 15) is 9.59 Å². The number of hydrogen-bond acceptors (Lipinski definition) is 8. The Morgan fingerprint density at radius 3 is 2.66 bits per heavy atom. The summed E-state index contributed by atoms with van der Waals surface area (Å²) in [5.74, 6) is 1.54. The highest BCUT2D eigenvalue weighted by molar-refractivity contribution is 5.95. The zero-order valence-electron chi connectivity index (χ0n) is 25.5. The van der Waals surface area contributed by atoms with Crippen molar-refractivity contribution in [3.8, 4) is 5.75 Å². The van der Waals surface area contributed by atoms with Gasteiger partial charge < -0.3 is 29.7 Å². The Balaban J connectivity index is 1.29. The monoisotopic (exact) mass is 596 g/mol. The van der Waals surface area contributed by atoms with Gasteiger partial charge in [0.05, 0.1) is 24.9 Å². The van der Waals surface area contributed by atoms with E-state index < -0.39 is 0 Å². The molecule has 4 heterocycles. The molecule has 3 aliphatic heterocycles. The summed E-state index contributed by atoms with van der Waals surface area (Å²) < 4.78 is 6.04. The number of fused-ring (bicyclic) bond motifs is 1. The Hall–Kier alpha value is -4.64. The first-order chi connectivity index (χ1) is 21.4. The molecule has 1 aromatic heterocycles. The number of carbonyl (C=O) groups is 2. The second-order valence-electron chi connectivity index (χ2n) is 11.5. The lowest BCUT2D eigenvalue weighted by molar-refractivity contribution is -0.125. The first-order valence-corrected chi connectivity index (χ1v) is 15.3. The second-order valence-corrected chi connectivity index (χ2v) is 11.5. The van der Waals surface area contributed by atoms with Crippen molar-refractivity contribution in [2.75, 3.05) is 68.0 Å². The summed E-state index contributed by atoms with van der Waals surface area (Å²) in [6.07, 6.45) is 3.77. The summed E-state index contributed by atoms with van der Waals surface area (Å²) in [4.78, 5) is 46.0. The Bertz CT molecular complexity index is 1510. The molecule has 0 bridgehead atoms. The second kappa shape index (κ2) is 12.9. The van der Waals surface area contributed by atoms with Gasteiger partial charge in [-0.05, 0) is 44.2 Å². The maximum absolute atomic E-state index is 14.1. The van der Waals surface area contributed by atoms with E-state index in [4.69, 9.17) is 9.72 Å². The van der Waals surface area contributed by atoms with E-state index in [1.54, 1.807) is 16.0 Å². The van der Waals surface area contributed by atoms with E-state index in [1.807, 2.05) is 48.2 Å². The van der Waals surface area contributed by atoms with Gasteiger partial charge in [-0.3, -0.25) is 9.69 Å². The molecule has 6 rings (SSSR count). The van der Waals surface area contributed by atoms with Crippen LogP contribution in [0.15, 0.2) is 67.4 Å². The van der Waals surface area contributed by atoms with Crippen molar-refractivity contribution in [2.24, 2.45) is 0 Å². The third-order valence-corrected chi connectivity index (χ3v) is 8.52. The maximum Gasteiger partial charge on any atom is 0.326 e. The topological polar surface area (TPSA) is 97.4 Å². The van der Waals surface area contributed by atoms with Crippen LogP contribution in [0, 0.1) is 0 Å². The molecule has 11 nitrogen and oxygen atoms in total. The average Bonchev–Trinajstić information content (AvgIpc) is 3.53. The molecule has 3 aromatic rings. The number of likely N-dealkylation sites (tertiary alicyclic amines) is 1. The molecule has 11 heteroatoms. The predicted molar refractivity (Wildman–Crippen MR) is 171 cm³/mol. The van der Waals surface area contributed by atoms with Gasteiger partial charge in [-0.25, -0.2) is 9.78 Å². The summed E-state index contributed by atoms with van der Waals surface area (Å²) in [6, 6.07) is 15.8. The Morgan fingerprint density at radius 1 is 1.11 bits per heavy atom. The van der Waals surface area contributed by atoms with Gasteiger partial charge in [-0.15, -0.1) is 0 Å². The van der Waals surface area contributed by atoms with Gasteiger partial charge in [-0.2, -0.15) is 4.98 Å². The SMILES string of the molecule is C=CC(=O)N1CCC(N2C(=O)N(Cc3ccccc3)Cc3cnc(Nc4ccc(N5CCN(C)CC5)cc4OCC)nc32)C1. The molecule has 230 valence electrons. The van der Waals surface area contributed by atoms with E-state index in [1.165, 1.54) is 6.08 Å². The number of urea groups is 1. The minimum atomic E-state index is -0.215. The first-order valence-electron chi connectivity index (χ1n) is 15.3. The van der Waals surface area contributed by atoms with Crippen molar-refractivity contribution in [3.63, 3.8) is 0 Å². The van der Waals surface area contributed by atoms with Crippen LogP contribution in [0.1, 0.15) is 24.5 Å². The highest BCUT2D eigenvalue weighted by Gasteiger charge is 2.40. The molecule has 44 heavy (non-hydrogen) atoms. The molecular formula is C33H40N8O3. The van der Waals surface area contributed by atoms with Gasteiger partial charge in [0.25, 0.3) is 0 Å². The Labute approximate surface area is 258 Å². The molecule has 0 radical (unpaired) electrons. The van der Waals surface area contributed by atoms with E-state index in [2.05, 4.69) is 45.9 Å². The minimum absolute atomic E-state index is 0.129. The van der Waals surface area contributed by atoms with Crippen LogP contribution in [0.2, 0.25) is 0 Å². The molecule has 2 saturated heterocycles. The number of hydrogen-bond donors (Lipinski definition) is 1. The van der Waals surface area contributed by atoms with Crippen LogP contribution in [0.25, 0.3) is 0 Å². The van der Waals surface area contributed by atoms with Crippen LogP contribution in [0.4, 0.5) is 27.9 Å². The van der Waals surface area contributed by atoms with Crippen molar-refractivity contribution < 1.29 is 14.3 Å². The quantitative estimate of drug-likeness (QED) is 0.369. The number of ether oxygens (including phenoxy) is 1. The van der Waals surface area contributed by atoms with Crippen molar-refractivity contribution in [1.29, 1.82) is 0 Å². The van der Waals surface area contributed by atoms with Crippen molar-refractivity contribution in [1.82, 2.24) is 24.7 Å². The molecule has 0 saturated carbocycles. The van der Waals surface area contributed by atoms with Crippen LogP contribution >= 0.6 is 0 Å². The summed E-state index contributed by atoms with van der Waals surface area (Å²) in [5.41, 5.74) is 3.78. The summed E-state index contributed by atoms with van der Waals surface area (Å²) in [6.45, 7) is 11.9. The number of rotatable bonds is 9. The van der Waals surface area contributed by atoms with E-state index in [0.29, 0.717) is 51.0 Å². The Morgan fingerprint density at radius 2 is 1.91 bits per heavy atom. The molecular weight excluding hydrogens is 556 g/mol. The standard InChI is InChI=1S/C33H40N8O3/c1-4-30(42)39-14-13-27(23-39)41-31-25(22-40(33(41)43)21-24-9-7-6-8-10-24)20-34-32(36-31)35-28-12-11-26(19-29(28)44-5-2)38-17-15-37(3)16-18-38/h4,6-12,19-20,27H,1,5,13-18,21-23H2,2-3H3,(H,34,35,36). The summed E-state index contributed by atoms with van der Waals surface area (Å²) in [7, 11) is 2.15. The van der Waals surface area contributed by atoms with Crippen molar-refractivity contribution in [3.05, 3.63) is 78.5 Å². The number of nitrogens with one attached hydrogen (secondary N) is 1. The van der Waals surface area contributed by atoms with E-state index >= 15 is 0 Å². The van der Waals surface area contributed by atoms with E-state index in [0.717, 1.165) is 54.4 Å². The molecule has 2 fully saturated rings. The number of nitrogens with zero attached hydrogens (tertiary/aromatic N) is 7. The normalized spacial score (nSPS) is 18.8. The molecule has 3 aliphatic rings. The largest absolute Gasteiger partial charge is 0.492 e. The van der Waals surface area contributed by atoms with Gasteiger partial charge in [0.1, 0.15) is 11.6 Å². The average molecular weight is 597 g/mol. The third-order valence-electron chi connectivity index (χ3n) is 8.52. The van der Waals surface area contributed by atoms with Crippen molar-refractivity contribution >= 4 is 35.1 Å². The summed E-state index contributed by atoms with van der Waals surface area (Å²) >= 11 is 0. The van der Waals surface area contributed by atoms with Gasteiger partial charge in [0.2, 0.25) is 11.9 Å². The van der Waals surface area contributed by atoms with Gasteiger partial charge >= 0.3 is 6.03 Å². The number of carbonyl (C=O) groups excluding carboxylic acids is 2.